The van der Waals surface area contributed by atoms with Crippen molar-refractivity contribution in [3.8, 4) is 0 Å². The van der Waals surface area contributed by atoms with Crippen molar-refractivity contribution in [3.05, 3.63) is 70.8 Å². The fraction of sp³-hybridized carbons (Fsp3) is 0.143. The second-order valence-electron chi connectivity index (χ2n) is 6.36. The summed E-state index contributed by atoms with van der Waals surface area (Å²) in [6, 6.07) is 18.0. The average Bonchev–Trinajstić information content (AvgIpc) is 2.77. The standard InChI is InChI=1S/C21H16/c1-13-16-8-17(13)10-21-12-19-7-15-5-3-2-4-14(15)6-18(19)11-20(21)9-16/h2-7,9-13H,8H2,1H3. The lowest BCUT2D eigenvalue weighted by molar-refractivity contribution is 0.659. The van der Waals surface area contributed by atoms with Gasteiger partial charge in [0.15, 0.2) is 0 Å². The van der Waals surface area contributed by atoms with E-state index >= 15 is 0 Å². The summed E-state index contributed by atoms with van der Waals surface area (Å²) in [6.07, 6.45) is 5.98. The number of rotatable bonds is 0. The highest BCUT2D eigenvalue weighted by atomic mass is 14.3. The molecule has 0 heteroatoms. The molecule has 100 valence electrons. The Kier molecular flexibility index (Phi) is 2.08. The Morgan fingerprint density at radius 1 is 0.714 bits per heavy atom. The van der Waals surface area contributed by atoms with E-state index in [0.717, 1.165) is 0 Å². The molecule has 0 aliphatic heterocycles. The molecule has 0 N–H and O–H groups in total. The Bertz CT molecular complexity index is 892. The smallest absolute Gasteiger partial charge is 0.000832 e. The van der Waals surface area contributed by atoms with Gasteiger partial charge in [0.05, 0.1) is 0 Å². The summed E-state index contributed by atoms with van der Waals surface area (Å²) in [5.41, 5.74) is 5.93. The van der Waals surface area contributed by atoms with E-state index in [9.17, 15) is 0 Å². The highest BCUT2D eigenvalue weighted by molar-refractivity contribution is 6.00. The zero-order chi connectivity index (χ0) is 14.0. The number of benzene rings is 3. The summed E-state index contributed by atoms with van der Waals surface area (Å²) in [5, 5.41) is 5.33. The zero-order valence-electron chi connectivity index (χ0n) is 12.1. The van der Waals surface area contributed by atoms with Gasteiger partial charge in [-0.05, 0) is 69.3 Å². The minimum absolute atomic E-state index is 0.652. The summed E-state index contributed by atoms with van der Waals surface area (Å²) in [7, 11) is 0. The summed E-state index contributed by atoms with van der Waals surface area (Å²) in [4.78, 5) is 0. The zero-order valence-corrected chi connectivity index (χ0v) is 12.1. The molecule has 1 fully saturated rings. The highest BCUT2D eigenvalue weighted by Crippen LogP contribution is 2.45. The first-order valence-corrected chi connectivity index (χ1v) is 7.65. The van der Waals surface area contributed by atoms with Crippen molar-refractivity contribution in [2.24, 2.45) is 5.92 Å². The molecular weight excluding hydrogens is 252 g/mol. The third-order valence-electron chi connectivity index (χ3n) is 5.11. The van der Waals surface area contributed by atoms with E-state index in [1.807, 2.05) is 0 Å². The van der Waals surface area contributed by atoms with E-state index in [-0.39, 0.29) is 0 Å². The summed E-state index contributed by atoms with van der Waals surface area (Å²) < 4.78 is 0. The molecule has 0 unspecified atom stereocenters. The molecule has 21 heavy (non-hydrogen) atoms. The number of allylic oxidation sites excluding steroid dienone is 2. The molecule has 3 aliphatic carbocycles. The van der Waals surface area contributed by atoms with E-state index in [2.05, 4.69) is 67.6 Å². The highest BCUT2D eigenvalue weighted by Gasteiger charge is 2.28. The third kappa shape index (κ3) is 1.56. The molecule has 0 amide bonds. The molecule has 3 aromatic rings. The molecular formula is C21H16. The van der Waals surface area contributed by atoms with Crippen molar-refractivity contribution < 1.29 is 0 Å². The van der Waals surface area contributed by atoms with Crippen LogP contribution in [0.3, 0.4) is 0 Å². The third-order valence-corrected chi connectivity index (χ3v) is 5.11. The van der Waals surface area contributed by atoms with E-state index in [1.165, 1.54) is 39.1 Å². The van der Waals surface area contributed by atoms with Gasteiger partial charge < -0.3 is 0 Å². The van der Waals surface area contributed by atoms with E-state index in [4.69, 9.17) is 0 Å². The van der Waals surface area contributed by atoms with Gasteiger partial charge in [-0.15, -0.1) is 0 Å². The first-order chi connectivity index (χ1) is 10.3. The fourth-order valence-electron chi connectivity index (χ4n) is 3.68. The van der Waals surface area contributed by atoms with Crippen LogP contribution in [-0.2, 0) is 0 Å². The van der Waals surface area contributed by atoms with E-state index in [1.54, 1.807) is 11.1 Å². The Hall–Kier alpha value is -2.34. The topological polar surface area (TPSA) is 0 Å². The van der Waals surface area contributed by atoms with E-state index in [0.29, 0.717) is 5.92 Å². The molecule has 0 nitrogen and oxygen atoms in total. The largest absolute Gasteiger partial charge is 0.0616 e. The van der Waals surface area contributed by atoms with Gasteiger partial charge in [-0.25, -0.2) is 0 Å². The SMILES string of the molecule is CC1C2=Cc3cc4cc5ccccc5cc4cc3C=C1C2. The van der Waals surface area contributed by atoms with Crippen LogP contribution in [0, 0.1) is 5.92 Å². The van der Waals surface area contributed by atoms with Gasteiger partial charge in [0, 0.05) is 0 Å². The number of fused-ring (bicyclic) bond motifs is 2. The Balaban J connectivity index is 1.85. The molecule has 6 rings (SSSR count). The molecule has 0 atom stereocenters. The second kappa shape index (κ2) is 3.85. The van der Waals surface area contributed by atoms with Crippen molar-refractivity contribution in [1.29, 1.82) is 0 Å². The minimum atomic E-state index is 0.652. The van der Waals surface area contributed by atoms with Crippen molar-refractivity contribution in [1.82, 2.24) is 0 Å². The molecule has 0 spiro atoms. The first kappa shape index (κ1) is 11.3. The first-order valence-electron chi connectivity index (χ1n) is 7.65. The van der Waals surface area contributed by atoms with Crippen molar-refractivity contribution in [2.75, 3.05) is 0 Å². The number of hydrogen-bond acceptors (Lipinski definition) is 0. The van der Waals surface area contributed by atoms with Crippen LogP contribution in [0.1, 0.15) is 24.5 Å². The molecule has 2 bridgehead atoms. The summed E-state index contributed by atoms with van der Waals surface area (Å²) >= 11 is 0. The fourth-order valence-corrected chi connectivity index (χ4v) is 3.68. The van der Waals surface area contributed by atoms with Crippen LogP contribution in [-0.4, -0.2) is 0 Å². The van der Waals surface area contributed by atoms with Crippen molar-refractivity contribution >= 4 is 33.7 Å². The molecule has 1 saturated carbocycles. The lowest BCUT2D eigenvalue weighted by Crippen LogP contribution is -2.14. The molecule has 3 aliphatic rings. The minimum Gasteiger partial charge on any atom is -0.0616 e. The van der Waals surface area contributed by atoms with E-state index < -0.39 is 0 Å². The molecule has 0 radical (unpaired) electrons. The Morgan fingerprint density at radius 3 is 1.71 bits per heavy atom. The van der Waals surface area contributed by atoms with Gasteiger partial charge in [0.2, 0.25) is 0 Å². The van der Waals surface area contributed by atoms with Gasteiger partial charge in [-0.2, -0.15) is 0 Å². The maximum absolute atomic E-state index is 2.40. The van der Waals surface area contributed by atoms with Gasteiger partial charge in [0.25, 0.3) is 0 Å². The maximum atomic E-state index is 2.40. The summed E-state index contributed by atoms with van der Waals surface area (Å²) in [5.74, 6) is 0.652. The molecule has 0 saturated heterocycles. The normalized spacial score (nSPS) is 17.0. The van der Waals surface area contributed by atoms with Crippen LogP contribution < -0.4 is 0 Å². The second-order valence-corrected chi connectivity index (χ2v) is 6.36. The van der Waals surface area contributed by atoms with Crippen LogP contribution in [0.25, 0.3) is 33.7 Å². The summed E-state index contributed by atoms with van der Waals surface area (Å²) in [6.45, 7) is 2.32. The predicted molar refractivity (Wildman–Crippen MR) is 91.2 cm³/mol. The van der Waals surface area contributed by atoms with Crippen LogP contribution in [0.4, 0.5) is 0 Å². The maximum Gasteiger partial charge on any atom is -0.000832 e. The van der Waals surface area contributed by atoms with Crippen LogP contribution in [0.5, 0.6) is 0 Å². The predicted octanol–water partition coefficient (Wildman–Crippen LogP) is 5.81. The van der Waals surface area contributed by atoms with Gasteiger partial charge in [-0.1, -0.05) is 54.5 Å². The van der Waals surface area contributed by atoms with Gasteiger partial charge in [0.1, 0.15) is 0 Å². The van der Waals surface area contributed by atoms with Crippen molar-refractivity contribution in [3.63, 3.8) is 0 Å². The quantitative estimate of drug-likeness (QED) is 0.451. The van der Waals surface area contributed by atoms with Crippen molar-refractivity contribution in [2.45, 2.75) is 13.3 Å². The lowest BCUT2D eigenvalue weighted by atomic mass is 9.76. The molecule has 0 aromatic heterocycles. The van der Waals surface area contributed by atoms with Gasteiger partial charge in [-0.3, -0.25) is 0 Å². The Morgan fingerprint density at radius 2 is 1.24 bits per heavy atom. The molecule has 0 heterocycles. The van der Waals surface area contributed by atoms with Crippen LogP contribution >= 0.6 is 0 Å². The Labute approximate surface area is 124 Å². The lowest BCUT2D eigenvalue weighted by Gasteiger charge is -2.29. The monoisotopic (exact) mass is 268 g/mol. The van der Waals surface area contributed by atoms with Gasteiger partial charge >= 0.3 is 0 Å². The number of hydrogen-bond donors (Lipinski definition) is 0. The average molecular weight is 268 g/mol. The molecule has 3 aromatic carbocycles. The van der Waals surface area contributed by atoms with Crippen LogP contribution in [0.15, 0.2) is 59.7 Å². The van der Waals surface area contributed by atoms with Crippen LogP contribution in [0.2, 0.25) is 0 Å².